The number of carbonyl (C=O) groups excluding carboxylic acids is 3. The Balaban J connectivity index is 1.70. The van der Waals surface area contributed by atoms with Crippen LogP contribution in [0.1, 0.15) is 56.5 Å². The van der Waals surface area contributed by atoms with Gasteiger partial charge in [0.25, 0.3) is 5.91 Å². The molecule has 5 nitrogen and oxygen atoms in total. The van der Waals surface area contributed by atoms with E-state index < -0.39 is 0 Å². The van der Waals surface area contributed by atoms with Crippen molar-refractivity contribution in [1.29, 1.82) is 0 Å². The lowest BCUT2D eigenvalue weighted by molar-refractivity contribution is -0.133. The molecule has 0 bridgehead atoms. The molecule has 0 aliphatic heterocycles. The summed E-state index contributed by atoms with van der Waals surface area (Å²) in [6, 6.07) is 7.23. The second-order valence-electron chi connectivity index (χ2n) is 8.18. The normalized spacial score (nSPS) is 19.1. The predicted octanol–water partition coefficient (Wildman–Crippen LogP) is 3.38. The first-order chi connectivity index (χ1) is 12.7. The zero-order valence-corrected chi connectivity index (χ0v) is 17.4. The molecule has 0 radical (unpaired) electrons. The van der Waals surface area contributed by atoms with Crippen LogP contribution in [0, 0.1) is 17.3 Å². The number of carbonyl (C=O) groups is 3. The highest BCUT2D eigenvalue weighted by molar-refractivity contribution is 8.12. The van der Waals surface area contributed by atoms with E-state index in [4.69, 9.17) is 0 Å². The molecule has 1 fully saturated rings. The van der Waals surface area contributed by atoms with Gasteiger partial charge in [-0.1, -0.05) is 44.7 Å². The summed E-state index contributed by atoms with van der Waals surface area (Å²) in [7, 11) is 0. The maximum atomic E-state index is 12.3. The molecule has 1 aliphatic rings. The van der Waals surface area contributed by atoms with Gasteiger partial charge < -0.3 is 10.6 Å². The molecule has 148 valence electrons. The van der Waals surface area contributed by atoms with Gasteiger partial charge >= 0.3 is 0 Å². The zero-order valence-electron chi connectivity index (χ0n) is 16.6. The average Bonchev–Trinajstić information content (AvgIpc) is 2.54. The third-order valence-electron chi connectivity index (χ3n) is 5.09. The Morgan fingerprint density at radius 1 is 1.04 bits per heavy atom. The smallest absolute Gasteiger partial charge is 0.251 e. The number of hydrogen-bond acceptors (Lipinski definition) is 4. The van der Waals surface area contributed by atoms with Crippen molar-refractivity contribution >= 4 is 28.7 Å². The van der Waals surface area contributed by atoms with E-state index in [-0.39, 0.29) is 28.3 Å². The maximum Gasteiger partial charge on any atom is 0.251 e. The first kappa shape index (κ1) is 21.5. The summed E-state index contributed by atoms with van der Waals surface area (Å²) in [5.41, 5.74) is 1.74. The summed E-state index contributed by atoms with van der Waals surface area (Å²) in [6.07, 6.45) is 2.06. The molecule has 2 atom stereocenters. The van der Waals surface area contributed by atoms with E-state index in [1.54, 1.807) is 19.1 Å². The lowest BCUT2D eigenvalue weighted by Crippen LogP contribution is -2.47. The molecular formula is C21H30N2O3S. The lowest BCUT2D eigenvalue weighted by atomic mass is 9.61. The van der Waals surface area contributed by atoms with Crippen molar-refractivity contribution in [2.75, 3.05) is 13.1 Å². The molecule has 0 aromatic heterocycles. The molecule has 2 amide bonds. The highest BCUT2D eigenvalue weighted by Crippen LogP contribution is 2.46. The van der Waals surface area contributed by atoms with Crippen molar-refractivity contribution in [1.82, 2.24) is 10.6 Å². The second kappa shape index (κ2) is 9.40. The van der Waals surface area contributed by atoms with Gasteiger partial charge in [0.2, 0.25) is 5.91 Å². The van der Waals surface area contributed by atoms with Crippen molar-refractivity contribution in [3.05, 3.63) is 35.4 Å². The average molecular weight is 391 g/mol. The summed E-state index contributed by atoms with van der Waals surface area (Å²) >= 11 is 1.25. The molecule has 6 heteroatoms. The van der Waals surface area contributed by atoms with Crippen LogP contribution in [-0.2, 0) is 15.3 Å². The highest BCUT2D eigenvalue weighted by atomic mass is 32.2. The van der Waals surface area contributed by atoms with Gasteiger partial charge in [-0.05, 0) is 41.9 Å². The lowest BCUT2D eigenvalue weighted by Gasteiger charge is -2.44. The van der Waals surface area contributed by atoms with Crippen LogP contribution < -0.4 is 10.6 Å². The maximum absolute atomic E-state index is 12.3. The van der Waals surface area contributed by atoms with Crippen molar-refractivity contribution in [3.8, 4) is 0 Å². The number of rotatable bonds is 7. The van der Waals surface area contributed by atoms with E-state index >= 15 is 0 Å². The molecule has 1 aliphatic carbocycles. The van der Waals surface area contributed by atoms with Crippen LogP contribution in [0.25, 0.3) is 0 Å². The molecule has 1 aromatic rings. The Bertz CT molecular complexity index is 680. The van der Waals surface area contributed by atoms with Crippen LogP contribution in [0.15, 0.2) is 24.3 Å². The van der Waals surface area contributed by atoms with Gasteiger partial charge in [0.15, 0.2) is 5.12 Å². The van der Waals surface area contributed by atoms with Crippen LogP contribution >= 0.6 is 11.8 Å². The zero-order chi connectivity index (χ0) is 20.0. The first-order valence-electron chi connectivity index (χ1n) is 9.46. The fourth-order valence-electron chi connectivity index (χ4n) is 3.38. The Morgan fingerprint density at radius 2 is 1.67 bits per heavy atom. The monoisotopic (exact) mass is 390 g/mol. The minimum atomic E-state index is -0.161. The SMILES string of the molecule is CC(=O)SCc1ccc(C(=O)NCCNC(=O)C2CCC2C(C)(C)C)cc1. The minimum absolute atomic E-state index is 0.0783. The highest BCUT2D eigenvalue weighted by Gasteiger charge is 2.42. The van der Waals surface area contributed by atoms with Gasteiger partial charge in [-0.15, -0.1) is 0 Å². The third kappa shape index (κ3) is 6.38. The molecule has 2 N–H and O–H groups in total. The van der Waals surface area contributed by atoms with Crippen LogP contribution in [0.5, 0.6) is 0 Å². The van der Waals surface area contributed by atoms with E-state index in [0.717, 1.165) is 18.4 Å². The van der Waals surface area contributed by atoms with Gasteiger partial charge in [0.05, 0.1) is 0 Å². The van der Waals surface area contributed by atoms with Crippen LogP contribution in [-0.4, -0.2) is 30.0 Å². The molecule has 1 saturated carbocycles. The second-order valence-corrected chi connectivity index (χ2v) is 9.33. The molecule has 27 heavy (non-hydrogen) atoms. The van der Waals surface area contributed by atoms with Gasteiger partial charge in [-0.25, -0.2) is 0 Å². The van der Waals surface area contributed by atoms with E-state index in [1.165, 1.54) is 11.8 Å². The Labute approximate surface area is 166 Å². The van der Waals surface area contributed by atoms with E-state index in [0.29, 0.717) is 30.3 Å². The third-order valence-corrected chi connectivity index (χ3v) is 5.98. The van der Waals surface area contributed by atoms with Crippen molar-refractivity contribution < 1.29 is 14.4 Å². The predicted molar refractivity (Wildman–Crippen MR) is 109 cm³/mol. The molecular weight excluding hydrogens is 360 g/mol. The van der Waals surface area contributed by atoms with E-state index in [9.17, 15) is 14.4 Å². The first-order valence-corrected chi connectivity index (χ1v) is 10.4. The Hall–Kier alpha value is -1.82. The summed E-state index contributed by atoms with van der Waals surface area (Å²) in [5.74, 6) is 1.09. The molecule has 0 spiro atoms. The van der Waals surface area contributed by atoms with Gasteiger partial charge in [-0.2, -0.15) is 0 Å². The summed E-state index contributed by atoms with van der Waals surface area (Å²) in [5, 5.41) is 5.85. The molecule has 0 heterocycles. The number of thioether (sulfide) groups is 1. The molecule has 1 aromatic carbocycles. The fourth-order valence-corrected chi connectivity index (χ4v) is 3.94. The number of nitrogens with one attached hydrogen (secondary N) is 2. The summed E-state index contributed by atoms with van der Waals surface area (Å²) in [6.45, 7) is 8.93. The largest absolute Gasteiger partial charge is 0.354 e. The van der Waals surface area contributed by atoms with Crippen molar-refractivity contribution in [2.45, 2.75) is 46.3 Å². The fraction of sp³-hybridized carbons (Fsp3) is 0.571. The van der Waals surface area contributed by atoms with Crippen LogP contribution in [0.4, 0.5) is 0 Å². The van der Waals surface area contributed by atoms with E-state index in [1.807, 2.05) is 12.1 Å². The van der Waals surface area contributed by atoms with Gasteiger partial charge in [0, 0.05) is 37.2 Å². The van der Waals surface area contributed by atoms with Crippen LogP contribution in [0.2, 0.25) is 0 Å². The van der Waals surface area contributed by atoms with Gasteiger partial charge in [-0.3, -0.25) is 14.4 Å². The molecule has 2 rings (SSSR count). The van der Waals surface area contributed by atoms with Crippen molar-refractivity contribution in [3.63, 3.8) is 0 Å². The van der Waals surface area contributed by atoms with Gasteiger partial charge in [0.1, 0.15) is 0 Å². The van der Waals surface area contributed by atoms with Crippen LogP contribution in [0.3, 0.4) is 0 Å². The number of benzene rings is 1. The summed E-state index contributed by atoms with van der Waals surface area (Å²) in [4.78, 5) is 35.5. The quantitative estimate of drug-likeness (QED) is 0.700. The Morgan fingerprint density at radius 3 is 2.19 bits per heavy atom. The van der Waals surface area contributed by atoms with E-state index in [2.05, 4.69) is 31.4 Å². The standard InChI is InChI=1S/C21H30N2O3S/c1-14(24)27-13-15-5-7-16(8-6-15)19(25)22-11-12-23-20(26)17-9-10-18(17)21(2,3)4/h5-8,17-18H,9-13H2,1-4H3,(H,22,25)(H,23,26). The number of hydrogen-bond donors (Lipinski definition) is 2. The minimum Gasteiger partial charge on any atom is -0.354 e. The topological polar surface area (TPSA) is 75.3 Å². The Kier molecular flexibility index (Phi) is 7.48. The van der Waals surface area contributed by atoms with Crippen molar-refractivity contribution in [2.24, 2.45) is 17.3 Å². The molecule has 2 unspecified atom stereocenters. The number of amides is 2. The summed E-state index contributed by atoms with van der Waals surface area (Å²) < 4.78 is 0. The molecule has 0 saturated heterocycles.